The van der Waals surface area contributed by atoms with E-state index in [0.717, 1.165) is 37.7 Å². The van der Waals surface area contributed by atoms with E-state index in [2.05, 4.69) is 0 Å². The SMILES string of the molecule is C[C@]12CC[C@H]3[C@@H](C(=O)C=C4CCCC(F)[C@@]43C)[C@@H]1CCC2=O. The minimum absolute atomic E-state index is 0.0966. The average Bonchev–Trinajstić information content (AvgIpc) is 2.78. The van der Waals surface area contributed by atoms with Gasteiger partial charge in [0.25, 0.3) is 0 Å². The highest BCUT2D eigenvalue weighted by Crippen LogP contribution is 2.63. The maximum atomic E-state index is 14.9. The molecule has 0 aliphatic heterocycles. The lowest BCUT2D eigenvalue weighted by molar-refractivity contribution is -0.141. The molecule has 4 aliphatic carbocycles. The second kappa shape index (κ2) is 4.52. The smallest absolute Gasteiger partial charge is 0.159 e. The number of hydrogen-bond donors (Lipinski definition) is 0. The molecule has 0 bridgehead atoms. The highest BCUT2D eigenvalue weighted by atomic mass is 19.1. The summed E-state index contributed by atoms with van der Waals surface area (Å²) in [4.78, 5) is 25.2. The Morgan fingerprint density at radius 1 is 1.09 bits per heavy atom. The second-order valence-electron chi connectivity index (χ2n) is 8.37. The van der Waals surface area contributed by atoms with Crippen molar-refractivity contribution in [3.05, 3.63) is 11.6 Å². The molecule has 0 saturated heterocycles. The fraction of sp³-hybridized carbons (Fsp3) is 0.789. The molecule has 6 atom stereocenters. The van der Waals surface area contributed by atoms with Gasteiger partial charge < -0.3 is 0 Å². The van der Waals surface area contributed by atoms with Crippen molar-refractivity contribution in [2.24, 2.45) is 28.6 Å². The van der Waals surface area contributed by atoms with Crippen molar-refractivity contribution in [3.63, 3.8) is 0 Å². The van der Waals surface area contributed by atoms with E-state index in [-0.39, 0.29) is 29.0 Å². The van der Waals surface area contributed by atoms with E-state index in [0.29, 0.717) is 18.6 Å². The molecular formula is C19H25FO2. The number of carbonyl (C=O) groups excluding carboxylic acids is 2. The van der Waals surface area contributed by atoms with Crippen LogP contribution in [0.5, 0.6) is 0 Å². The molecule has 0 spiro atoms. The van der Waals surface area contributed by atoms with Gasteiger partial charge in [0.05, 0.1) is 0 Å². The Morgan fingerprint density at radius 3 is 2.64 bits per heavy atom. The standard InChI is InChI=1S/C19H25FO2/c1-18-9-8-13-17(12(18)6-7-16(18)22)14(21)10-11-4-3-5-15(20)19(11,13)2/h10,12-13,15,17H,3-9H2,1-2H3/t12-,13-,15?,17-,18-,19-/m0/s1. The maximum Gasteiger partial charge on any atom is 0.159 e. The molecule has 0 heterocycles. The number of rotatable bonds is 0. The molecule has 3 saturated carbocycles. The molecule has 4 rings (SSSR count). The lowest BCUT2D eigenvalue weighted by Gasteiger charge is -2.56. The van der Waals surface area contributed by atoms with Gasteiger partial charge in [-0.15, -0.1) is 0 Å². The van der Waals surface area contributed by atoms with E-state index in [1.165, 1.54) is 0 Å². The Labute approximate surface area is 131 Å². The van der Waals surface area contributed by atoms with Crippen molar-refractivity contribution in [2.75, 3.05) is 0 Å². The number of alkyl halides is 1. The maximum absolute atomic E-state index is 14.9. The predicted molar refractivity (Wildman–Crippen MR) is 82.0 cm³/mol. The molecule has 2 nitrogen and oxygen atoms in total. The van der Waals surface area contributed by atoms with Crippen LogP contribution >= 0.6 is 0 Å². The summed E-state index contributed by atoms with van der Waals surface area (Å²) < 4.78 is 14.9. The largest absolute Gasteiger partial charge is 0.299 e. The predicted octanol–water partition coefficient (Wildman–Crippen LogP) is 4.04. The van der Waals surface area contributed by atoms with Crippen LogP contribution in [0, 0.1) is 28.6 Å². The molecule has 0 radical (unpaired) electrons. The van der Waals surface area contributed by atoms with Crippen molar-refractivity contribution in [2.45, 2.75) is 65.0 Å². The minimum Gasteiger partial charge on any atom is -0.299 e. The first-order chi connectivity index (χ1) is 10.4. The molecule has 0 amide bonds. The van der Waals surface area contributed by atoms with Gasteiger partial charge in [-0.3, -0.25) is 9.59 Å². The van der Waals surface area contributed by atoms with Crippen molar-refractivity contribution in [3.8, 4) is 0 Å². The third-order valence-corrected chi connectivity index (χ3v) is 7.64. The first-order valence-corrected chi connectivity index (χ1v) is 8.81. The van der Waals surface area contributed by atoms with Crippen LogP contribution in [0.2, 0.25) is 0 Å². The molecule has 22 heavy (non-hydrogen) atoms. The van der Waals surface area contributed by atoms with E-state index in [1.54, 1.807) is 6.08 Å². The van der Waals surface area contributed by atoms with Crippen LogP contribution in [-0.2, 0) is 9.59 Å². The molecule has 0 aromatic carbocycles. The van der Waals surface area contributed by atoms with Crippen molar-refractivity contribution >= 4 is 11.6 Å². The molecule has 3 fully saturated rings. The van der Waals surface area contributed by atoms with Gasteiger partial charge in [-0.25, -0.2) is 4.39 Å². The monoisotopic (exact) mass is 304 g/mol. The van der Waals surface area contributed by atoms with Gasteiger partial charge in [-0.1, -0.05) is 19.4 Å². The van der Waals surface area contributed by atoms with Crippen molar-refractivity contribution < 1.29 is 14.0 Å². The fourth-order valence-electron chi connectivity index (χ4n) is 6.19. The molecule has 1 unspecified atom stereocenters. The van der Waals surface area contributed by atoms with Crippen LogP contribution in [0.25, 0.3) is 0 Å². The second-order valence-corrected chi connectivity index (χ2v) is 8.37. The zero-order valence-electron chi connectivity index (χ0n) is 13.5. The topological polar surface area (TPSA) is 34.1 Å². The van der Waals surface area contributed by atoms with E-state index in [9.17, 15) is 14.0 Å². The lowest BCUT2D eigenvalue weighted by atomic mass is 9.47. The van der Waals surface area contributed by atoms with Gasteiger partial charge in [0.2, 0.25) is 0 Å². The number of ketones is 2. The first kappa shape index (κ1) is 14.6. The third-order valence-electron chi connectivity index (χ3n) is 7.64. The van der Waals surface area contributed by atoms with Gasteiger partial charge in [-0.05, 0) is 56.4 Å². The lowest BCUT2D eigenvalue weighted by Crippen LogP contribution is -2.55. The minimum atomic E-state index is -0.838. The van der Waals surface area contributed by atoms with Gasteiger partial charge in [0.1, 0.15) is 12.0 Å². The summed E-state index contributed by atoms with van der Waals surface area (Å²) in [5.41, 5.74) is 0.244. The number of hydrogen-bond acceptors (Lipinski definition) is 2. The Kier molecular flexibility index (Phi) is 3.00. The number of fused-ring (bicyclic) bond motifs is 5. The summed E-state index contributed by atoms with van der Waals surface area (Å²) in [7, 11) is 0. The van der Waals surface area contributed by atoms with Crippen LogP contribution in [0.1, 0.15) is 58.8 Å². The van der Waals surface area contributed by atoms with E-state index < -0.39 is 11.6 Å². The number of carbonyl (C=O) groups is 2. The summed E-state index contributed by atoms with van der Waals surface area (Å²) in [6, 6.07) is 0. The molecule has 3 heteroatoms. The van der Waals surface area contributed by atoms with Gasteiger partial charge in [0, 0.05) is 23.2 Å². The molecule has 4 aliphatic rings. The van der Waals surface area contributed by atoms with Crippen LogP contribution in [-0.4, -0.2) is 17.7 Å². The van der Waals surface area contributed by atoms with Crippen molar-refractivity contribution in [1.29, 1.82) is 0 Å². The molecular weight excluding hydrogens is 279 g/mol. The van der Waals surface area contributed by atoms with Crippen molar-refractivity contribution in [1.82, 2.24) is 0 Å². The van der Waals surface area contributed by atoms with E-state index in [4.69, 9.17) is 0 Å². The fourth-order valence-corrected chi connectivity index (χ4v) is 6.19. The van der Waals surface area contributed by atoms with Crippen LogP contribution in [0.4, 0.5) is 4.39 Å². The van der Waals surface area contributed by atoms with Crippen LogP contribution < -0.4 is 0 Å². The summed E-state index contributed by atoms with van der Waals surface area (Å²) in [5.74, 6) is 0.603. The van der Waals surface area contributed by atoms with E-state index in [1.807, 2.05) is 13.8 Å². The summed E-state index contributed by atoms with van der Waals surface area (Å²) >= 11 is 0. The van der Waals surface area contributed by atoms with Crippen LogP contribution in [0.3, 0.4) is 0 Å². The third kappa shape index (κ3) is 1.60. The zero-order chi connectivity index (χ0) is 15.7. The van der Waals surface area contributed by atoms with Crippen LogP contribution in [0.15, 0.2) is 11.6 Å². The Hall–Kier alpha value is -0.990. The Morgan fingerprint density at radius 2 is 1.86 bits per heavy atom. The quantitative estimate of drug-likeness (QED) is 0.677. The van der Waals surface area contributed by atoms with Gasteiger partial charge in [-0.2, -0.15) is 0 Å². The van der Waals surface area contributed by atoms with E-state index >= 15 is 0 Å². The highest BCUT2D eigenvalue weighted by molar-refractivity contribution is 5.96. The van der Waals surface area contributed by atoms with Gasteiger partial charge >= 0.3 is 0 Å². The molecule has 0 aromatic heterocycles. The summed E-state index contributed by atoms with van der Waals surface area (Å²) in [6.45, 7) is 4.10. The molecule has 120 valence electrons. The molecule has 0 N–H and O–H groups in total. The Bertz CT molecular complexity index is 580. The average molecular weight is 304 g/mol. The number of Topliss-reactive ketones (excluding diaryl/α,β-unsaturated/α-hetero) is 1. The highest BCUT2D eigenvalue weighted by Gasteiger charge is 2.62. The normalized spacial score (nSPS) is 51.0. The number of halogens is 1. The zero-order valence-corrected chi connectivity index (χ0v) is 13.5. The Balaban J connectivity index is 1.80. The summed E-state index contributed by atoms with van der Waals surface area (Å²) in [6.07, 6.45) is 6.34. The van der Waals surface area contributed by atoms with Gasteiger partial charge in [0.15, 0.2) is 5.78 Å². The molecule has 0 aromatic rings. The number of allylic oxidation sites excluding steroid dienone is 2. The summed E-state index contributed by atoms with van der Waals surface area (Å²) in [5, 5.41) is 0. The first-order valence-electron chi connectivity index (χ1n) is 8.81.